The van der Waals surface area contributed by atoms with Gasteiger partial charge in [-0.05, 0) is 47.9 Å². The number of nitrogens with one attached hydrogen (secondary N) is 1. The van der Waals surface area contributed by atoms with Gasteiger partial charge in [0, 0.05) is 39.2 Å². The lowest BCUT2D eigenvalue weighted by atomic mass is 9.93. The molecule has 5 aromatic rings. The third-order valence-corrected chi connectivity index (χ3v) is 7.31. The number of hydrogen-bond acceptors (Lipinski definition) is 1. The number of amides is 1. The number of carbonyl (C=O) groups is 1. The van der Waals surface area contributed by atoms with Crippen molar-refractivity contribution < 1.29 is 4.79 Å². The molecule has 0 unspecified atom stereocenters. The van der Waals surface area contributed by atoms with E-state index in [1.807, 2.05) is 65.6 Å². The van der Waals surface area contributed by atoms with Gasteiger partial charge in [-0.2, -0.15) is 0 Å². The number of carbonyl (C=O) groups excluding carboxylic acids is 1. The smallest absolute Gasteiger partial charge is 0.255 e. The number of aromatic amines is 1. The number of nitrogens with zero attached hydrogens (tertiary/aromatic N) is 1. The van der Waals surface area contributed by atoms with Crippen molar-refractivity contribution in [3.8, 4) is 11.3 Å². The minimum atomic E-state index is -0.236. The van der Waals surface area contributed by atoms with E-state index in [-0.39, 0.29) is 11.9 Å². The van der Waals surface area contributed by atoms with Crippen LogP contribution in [0, 0.1) is 0 Å². The van der Waals surface area contributed by atoms with Gasteiger partial charge in [-0.3, -0.25) is 4.79 Å². The Hall–Kier alpha value is -3.53. The molecule has 1 atom stereocenters. The summed E-state index contributed by atoms with van der Waals surface area (Å²) >= 11 is 12.9. The van der Waals surface area contributed by atoms with E-state index in [9.17, 15) is 4.79 Å². The molecule has 4 aromatic carbocycles. The first-order valence-electron chi connectivity index (χ1n) is 11.6. The Morgan fingerprint density at radius 2 is 1.54 bits per heavy atom. The minimum Gasteiger partial charge on any atom is -0.354 e. The topological polar surface area (TPSA) is 36.1 Å². The number of rotatable bonds is 5. The van der Waals surface area contributed by atoms with E-state index in [0.29, 0.717) is 16.6 Å². The summed E-state index contributed by atoms with van der Waals surface area (Å²) in [6, 6.07) is 31.7. The normalized spacial score (nSPS) is 15.1. The Morgan fingerprint density at radius 1 is 0.800 bits per heavy atom. The first kappa shape index (κ1) is 22.0. The van der Waals surface area contributed by atoms with Crippen LogP contribution in [-0.2, 0) is 6.42 Å². The fraction of sp³-hybridized carbons (Fsp3) is 0.100. The van der Waals surface area contributed by atoms with E-state index in [1.54, 1.807) is 6.07 Å². The van der Waals surface area contributed by atoms with Gasteiger partial charge in [0.25, 0.3) is 5.91 Å². The molecule has 5 heteroatoms. The molecule has 0 spiro atoms. The maximum absolute atomic E-state index is 13.7. The molecule has 172 valence electrons. The summed E-state index contributed by atoms with van der Waals surface area (Å²) in [4.78, 5) is 19.3. The average Bonchev–Trinajstić information content (AvgIpc) is 3.38. The number of H-pyrrole nitrogens is 1. The van der Waals surface area contributed by atoms with Gasteiger partial charge in [-0.25, -0.2) is 0 Å². The summed E-state index contributed by atoms with van der Waals surface area (Å²) in [7, 11) is 0. The fourth-order valence-corrected chi connectivity index (χ4v) is 5.66. The van der Waals surface area contributed by atoms with Gasteiger partial charge in [0.2, 0.25) is 0 Å². The summed E-state index contributed by atoms with van der Waals surface area (Å²) < 4.78 is 0. The van der Waals surface area contributed by atoms with Crippen LogP contribution in [0.5, 0.6) is 0 Å². The molecule has 1 amide bonds. The highest BCUT2D eigenvalue weighted by Crippen LogP contribution is 2.46. The minimum absolute atomic E-state index is 0.0555. The van der Waals surface area contributed by atoms with Crippen LogP contribution in [0.15, 0.2) is 97.1 Å². The summed E-state index contributed by atoms with van der Waals surface area (Å²) in [6.45, 7) is 0.607. The second-order valence-corrected chi connectivity index (χ2v) is 9.65. The van der Waals surface area contributed by atoms with E-state index in [2.05, 4.69) is 35.3 Å². The van der Waals surface area contributed by atoms with Gasteiger partial charge >= 0.3 is 0 Å². The second kappa shape index (κ2) is 8.92. The first-order chi connectivity index (χ1) is 17.1. The third kappa shape index (κ3) is 3.81. The van der Waals surface area contributed by atoms with Crippen LogP contribution in [0.3, 0.4) is 0 Å². The van der Waals surface area contributed by atoms with Gasteiger partial charge in [-0.15, -0.1) is 0 Å². The predicted octanol–water partition coefficient (Wildman–Crippen LogP) is 7.93. The van der Waals surface area contributed by atoms with Gasteiger partial charge in [0.15, 0.2) is 0 Å². The maximum Gasteiger partial charge on any atom is 0.255 e. The number of halogens is 2. The summed E-state index contributed by atoms with van der Waals surface area (Å²) in [5.41, 5.74) is 6.80. The van der Waals surface area contributed by atoms with Gasteiger partial charge in [0.1, 0.15) is 0 Å². The Morgan fingerprint density at radius 3 is 2.37 bits per heavy atom. The largest absolute Gasteiger partial charge is 0.354 e. The lowest BCUT2D eigenvalue weighted by Crippen LogP contribution is -2.31. The highest BCUT2D eigenvalue weighted by atomic mass is 35.5. The quantitative estimate of drug-likeness (QED) is 0.263. The molecule has 1 aromatic heterocycles. The second-order valence-electron chi connectivity index (χ2n) is 8.81. The monoisotopic (exact) mass is 496 g/mol. The van der Waals surface area contributed by atoms with Crippen molar-refractivity contribution in [2.24, 2.45) is 0 Å². The van der Waals surface area contributed by atoms with Crippen LogP contribution >= 0.6 is 23.2 Å². The zero-order valence-corrected chi connectivity index (χ0v) is 20.4. The van der Waals surface area contributed by atoms with Crippen LogP contribution in [0.4, 0.5) is 0 Å². The number of benzene rings is 4. The molecule has 0 bridgehead atoms. The molecular formula is C30H22Cl2N2O. The first-order valence-corrected chi connectivity index (χ1v) is 12.4. The standard InChI is InChI=1S/C30H22Cl2N2O/c31-20-14-15-23(25(32)18-20)28-27(24-12-6-7-13-26(24)33-28)29-21-10-4-5-11-22(21)30(35)34(29)17-16-19-8-2-1-3-9-19/h1-15,18,29,33H,16-17H2/t29-/m1/s1. The van der Waals surface area contributed by atoms with Crippen molar-refractivity contribution in [2.75, 3.05) is 6.54 Å². The van der Waals surface area contributed by atoms with Crippen LogP contribution in [0.1, 0.15) is 33.1 Å². The highest BCUT2D eigenvalue weighted by molar-refractivity contribution is 6.36. The van der Waals surface area contributed by atoms with Gasteiger partial charge in [-0.1, -0.05) is 89.9 Å². The van der Waals surface area contributed by atoms with Crippen molar-refractivity contribution in [1.82, 2.24) is 9.88 Å². The van der Waals surface area contributed by atoms with Crippen molar-refractivity contribution >= 4 is 40.0 Å². The van der Waals surface area contributed by atoms with Crippen molar-refractivity contribution in [2.45, 2.75) is 12.5 Å². The molecule has 35 heavy (non-hydrogen) atoms. The molecule has 0 saturated carbocycles. The van der Waals surface area contributed by atoms with Crippen molar-refractivity contribution in [1.29, 1.82) is 0 Å². The Labute approximate surface area is 213 Å². The summed E-state index contributed by atoms with van der Waals surface area (Å²) in [5, 5.41) is 2.23. The maximum atomic E-state index is 13.7. The van der Waals surface area contributed by atoms with Crippen molar-refractivity contribution in [3.63, 3.8) is 0 Å². The third-order valence-electron chi connectivity index (χ3n) is 6.76. The van der Waals surface area contributed by atoms with Gasteiger partial charge in [0.05, 0.1) is 16.8 Å². The van der Waals surface area contributed by atoms with Crippen LogP contribution in [-0.4, -0.2) is 22.3 Å². The van der Waals surface area contributed by atoms with Crippen molar-refractivity contribution in [3.05, 3.63) is 129 Å². The molecule has 0 fully saturated rings. The summed E-state index contributed by atoms with van der Waals surface area (Å²) in [5.74, 6) is 0.0555. The van der Waals surface area contributed by atoms with E-state index in [1.165, 1.54) is 5.56 Å². The van der Waals surface area contributed by atoms with E-state index < -0.39 is 0 Å². The Balaban J connectivity index is 1.55. The molecule has 1 N–H and O–H groups in total. The SMILES string of the molecule is O=C1c2ccccc2[C@H](c2c(-c3ccc(Cl)cc3Cl)[nH]c3ccccc23)N1CCc1ccccc1. The lowest BCUT2D eigenvalue weighted by Gasteiger charge is -2.27. The fourth-order valence-electron chi connectivity index (χ4n) is 5.16. The van der Waals surface area contributed by atoms with Crippen LogP contribution in [0.2, 0.25) is 10.0 Å². The molecule has 0 saturated heterocycles. The predicted molar refractivity (Wildman–Crippen MR) is 143 cm³/mol. The zero-order chi connectivity index (χ0) is 23.9. The van der Waals surface area contributed by atoms with Crippen LogP contribution in [0.25, 0.3) is 22.2 Å². The number of aromatic nitrogens is 1. The Kier molecular flexibility index (Phi) is 5.60. The number of para-hydroxylation sites is 1. The zero-order valence-electron chi connectivity index (χ0n) is 18.8. The van der Waals surface area contributed by atoms with E-state index in [0.717, 1.165) is 45.3 Å². The number of fused-ring (bicyclic) bond motifs is 2. The van der Waals surface area contributed by atoms with Crippen LogP contribution < -0.4 is 0 Å². The summed E-state index contributed by atoms with van der Waals surface area (Å²) in [6.07, 6.45) is 0.774. The molecule has 1 aliphatic heterocycles. The molecule has 0 radical (unpaired) electrons. The Bertz CT molecular complexity index is 1560. The molecule has 3 nitrogen and oxygen atoms in total. The molecule has 1 aliphatic rings. The molecule has 6 rings (SSSR count). The van der Waals surface area contributed by atoms with E-state index in [4.69, 9.17) is 23.2 Å². The van der Waals surface area contributed by atoms with E-state index >= 15 is 0 Å². The average molecular weight is 497 g/mol. The molecular weight excluding hydrogens is 475 g/mol. The molecule has 0 aliphatic carbocycles. The number of hydrogen-bond donors (Lipinski definition) is 1. The lowest BCUT2D eigenvalue weighted by molar-refractivity contribution is 0.0753. The highest BCUT2D eigenvalue weighted by Gasteiger charge is 2.40. The molecule has 2 heterocycles. The van der Waals surface area contributed by atoms with Gasteiger partial charge < -0.3 is 9.88 Å².